The fourth-order valence-corrected chi connectivity index (χ4v) is 1.25. The molecule has 3 N–H and O–H groups in total. The summed E-state index contributed by atoms with van der Waals surface area (Å²) >= 11 is 0. The van der Waals surface area contributed by atoms with Crippen molar-refractivity contribution in [2.45, 2.75) is 25.9 Å². The average Bonchev–Trinajstić information content (AvgIpc) is 2.22. The van der Waals surface area contributed by atoms with Crippen molar-refractivity contribution in [3.63, 3.8) is 0 Å². The number of halogens is 3. The van der Waals surface area contributed by atoms with Crippen LogP contribution in [0.4, 0.5) is 13.2 Å². The third-order valence-electron chi connectivity index (χ3n) is 2.24. The maximum atomic E-state index is 11.7. The summed E-state index contributed by atoms with van der Waals surface area (Å²) in [6.07, 6.45) is -2.76. The molecule has 0 aliphatic carbocycles. The second-order valence-corrected chi connectivity index (χ2v) is 3.76. The van der Waals surface area contributed by atoms with Gasteiger partial charge in [-0.1, -0.05) is 13.3 Å². The Labute approximate surface area is 98.7 Å². The van der Waals surface area contributed by atoms with Crippen molar-refractivity contribution in [1.29, 1.82) is 0 Å². The molecule has 0 rings (SSSR count). The molecule has 1 unspecified atom stereocenters. The molecule has 1 atom stereocenters. The number of carbonyl (C=O) groups excluding carboxylic acids is 1. The van der Waals surface area contributed by atoms with E-state index in [0.29, 0.717) is 13.1 Å². The third kappa shape index (κ3) is 10.1. The molecule has 102 valence electrons. The van der Waals surface area contributed by atoms with E-state index in [1.165, 1.54) is 0 Å². The van der Waals surface area contributed by atoms with Crippen LogP contribution in [-0.4, -0.2) is 38.4 Å². The minimum Gasteiger partial charge on any atom is -0.362 e. The predicted octanol–water partition coefficient (Wildman–Crippen LogP) is 1.06. The lowest BCUT2D eigenvalue weighted by atomic mass is 10.0. The Balaban J connectivity index is 3.65. The predicted molar refractivity (Wildman–Crippen MR) is 57.3 cm³/mol. The number of nitrogens with one attached hydrogen (secondary N) is 1. The fourth-order valence-electron chi connectivity index (χ4n) is 1.25. The van der Waals surface area contributed by atoms with E-state index in [0.717, 1.165) is 12.8 Å². The van der Waals surface area contributed by atoms with Crippen LogP contribution < -0.4 is 11.1 Å². The fraction of sp³-hybridized carbons (Fsp3) is 0.900. The highest BCUT2D eigenvalue weighted by atomic mass is 19.4. The molecule has 0 aromatic rings. The van der Waals surface area contributed by atoms with Crippen LogP contribution in [0.25, 0.3) is 0 Å². The second-order valence-electron chi connectivity index (χ2n) is 3.76. The van der Waals surface area contributed by atoms with Crippen LogP contribution in [0.15, 0.2) is 0 Å². The Kier molecular flexibility index (Phi) is 7.90. The number of amides is 1. The lowest BCUT2D eigenvalue weighted by molar-refractivity contribution is -0.175. The summed E-state index contributed by atoms with van der Waals surface area (Å²) in [6.45, 7) is 0.937. The Hall–Kier alpha value is -0.820. The van der Waals surface area contributed by atoms with Crippen LogP contribution in [0.5, 0.6) is 0 Å². The van der Waals surface area contributed by atoms with E-state index in [-0.39, 0.29) is 5.92 Å². The van der Waals surface area contributed by atoms with Crippen LogP contribution >= 0.6 is 0 Å². The molecule has 0 bridgehead atoms. The topological polar surface area (TPSA) is 64.3 Å². The van der Waals surface area contributed by atoms with Crippen molar-refractivity contribution in [3.05, 3.63) is 0 Å². The number of alkyl halides is 3. The van der Waals surface area contributed by atoms with Gasteiger partial charge in [-0.2, -0.15) is 13.2 Å². The van der Waals surface area contributed by atoms with E-state index in [1.807, 2.05) is 6.92 Å². The van der Waals surface area contributed by atoms with E-state index >= 15 is 0 Å². The zero-order valence-electron chi connectivity index (χ0n) is 9.85. The van der Waals surface area contributed by atoms with E-state index in [4.69, 9.17) is 5.73 Å². The summed E-state index contributed by atoms with van der Waals surface area (Å²) < 4.78 is 39.3. The van der Waals surface area contributed by atoms with Gasteiger partial charge in [-0.25, -0.2) is 0 Å². The number of rotatable bonds is 8. The molecule has 7 heteroatoms. The molecule has 0 radical (unpaired) electrons. The molecule has 17 heavy (non-hydrogen) atoms. The molecule has 0 fully saturated rings. The summed E-state index contributed by atoms with van der Waals surface area (Å²) in [5.74, 6) is -0.281. The Morgan fingerprint density at radius 1 is 1.47 bits per heavy atom. The molecule has 0 saturated heterocycles. The van der Waals surface area contributed by atoms with E-state index in [2.05, 4.69) is 10.1 Å². The maximum Gasteiger partial charge on any atom is 0.411 e. The van der Waals surface area contributed by atoms with Crippen LogP contribution in [0.2, 0.25) is 0 Å². The van der Waals surface area contributed by atoms with Crippen LogP contribution in [-0.2, 0) is 9.53 Å². The minimum atomic E-state index is -4.40. The smallest absolute Gasteiger partial charge is 0.362 e. The highest BCUT2D eigenvalue weighted by molar-refractivity contribution is 5.77. The molecule has 0 aliphatic heterocycles. The molecule has 0 aromatic carbocycles. The van der Waals surface area contributed by atoms with Crippen molar-refractivity contribution in [1.82, 2.24) is 5.32 Å². The number of ether oxygens (including phenoxy) is 1. The highest BCUT2D eigenvalue weighted by Crippen LogP contribution is 2.14. The van der Waals surface area contributed by atoms with Gasteiger partial charge in [0.25, 0.3) is 0 Å². The van der Waals surface area contributed by atoms with Crippen LogP contribution in [0.3, 0.4) is 0 Å². The molecule has 0 saturated carbocycles. The summed E-state index contributed by atoms with van der Waals surface area (Å²) in [7, 11) is 0. The first-order valence-electron chi connectivity index (χ1n) is 5.50. The lowest BCUT2D eigenvalue weighted by Gasteiger charge is -2.14. The first-order valence-corrected chi connectivity index (χ1v) is 5.50. The Morgan fingerprint density at radius 2 is 2.12 bits per heavy atom. The van der Waals surface area contributed by atoms with Gasteiger partial charge in [0.2, 0.25) is 5.91 Å². The van der Waals surface area contributed by atoms with Crippen molar-refractivity contribution in [2.75, 3.05) is 26.3 Å². The summed E-state index contributed by atoms with van der Waals surface area (Å²) in [5.41, 5.74) is 5.38. The minimum absolute atomic E-state index is 0.256. The zero-order valence-corrected chi connectivity index (χ0v) is 9.85. The maximum absolute atomic E-state index is 11.7. The number of carbonyl (C=O) groups is 1. The Bertz CT molecular complexity index is 222. The van der Waals surface area contributed by atoms with Gasteiger partial charge in [-0.3, -0.25) is 4.79 Å². The van der Waals surface area contributed by atoms with Crippen molar-refractivity contribution < 1.29 is 22.7 Å². The number of hydrogen-bond acceptors (Lipinski definition) is 3. The van der Waals surface area contributed by atoms with Gasteiger partial charge in [0.1, 0.15) is 13.2 Å². The third-order valence-corrected chi connectivity index (χ3v) is 2.24. The average molecular weight is 256 g/mol. The highest BCUT2D eigenvalue weighted by Gasteiger charge is 2.27. The normalized spacial score (nSPS) is 13.5. The van der Waals surface area contributed by atoms with Gasteiger partial charge in [0, 0.05) is 6.54 Å². The van der Waals surface area contributed by atoms with Crippen molar-refractivity contribution in [2.24, 2.45) is 11.7 Å². The van der Waals surface area contributed by atoms with Gasteiger partial charge >= 0.3 is 6.18 Å². The summed E-state index contributed by atoms with van der Waals surface area (Å²) in [6, 6.07) is 0. The van der Waals surface area contributed by atoms with Gasteiger partial charge in [0.05, 0.1) is 0 Å². The standard InChI is InChI=1S/C10H19F3N2O2/c1-2-8(3-4-14)5-15-9(16)6-17-7-10(11,12)13/h8H,2-7,14H2,1H3,(H,15,16). The van der Waals surface area contributed by atoms with Gasteiger partial charge in [-0.15, -0.1) is 0 Å². The van der Waals surface area contributed by atoms with E-state index < -0.39 is 25.3 Å². The Morgan fingerprint density at radius 3 is 2.59 bits per heavy atom. The quantitative estimate of drug-likeness (QED) is 0.682. The van der Waals surface area contributed by atoms with Gasteiger partial charge in [-0.05, 0) is 18.9 Å². The monoisotopic (exact) mass is 256 g/mol. The number of nitrogens with two attached hydrogens (primary N) is 1. The molecule has 0 aliphatic rings. The molecule has 1 amide bonds. The van der Waals surface area contributed by atoms with E-state index in [9.17, 15) is 18.0 Å². The van der Waals surface area contributed by atoms with Crippen LogP contribution in [0.1, 0.15) is 19.8 Å². The SMILES string of the molecule is CCC(CCN)CNC(=O)COCC(F)(F)F. The van der Waals surface area contributed by atoms with E-state index in [1.54, 1.807) is 0 Å². The molecule has 0 heterocycles. The first kappa shape index (κ1) is 16.2. The van der Waals surface area contributed by atoms with Crippen molar-refractivity contribution in [3.8, 4) is 0 Å². The number of hydrogen-bond donors (Lipinski definition) is 2. The summed E-state index contributed by atoms with van der Waals surface area (Å²) in [5, 5.41) is 2.52. The second kappa shape index (κ2) is 8.30. The molecule has 0 aromatic heterocycles. The molecular formula is C10H19F3N2O2. The zero-order chi connectivity index (χ0) is 13.3. The summed E-state index contributed by atoms with van der Waals surface area (Å²) in [4.78, 5) is 11.1. The largest absolute Gasteiger partial charge is 0.411 e. The molecule has 0 spiro atoms. The van der Waals surface area contributed by atoms with Crippen LogP contribution in [0, 0.1) is 5.92 Å². The lowest BCUT2D eigenvalue weighted by Crippen LogP contribution is -2.33. The van der Waals surface area contributed by atoms with Crippen molar-refractivity contribution >= 4 is 5.91 Å². The van der Waals surface area contributed by atoms with Gasteiger partial charge in [0.15, 0.2) is 0 Å². The van der Waals surface area contributed by atoms with Gasteiger partial charge < -0.3 is 15.8 Å². The first-order chi connectivity index (χ1) is 7.89. The molecular weight excluding hydrogens is 237 g/mol. The molecule has 4 nitrogen and oxygen atoms in total.